The minimum atomic E-state index is 0.580. The molecule has 4 nitrogen and oxygen atoms in total. The minimum absolute atomic E-state index is 0.580. The Morgan fingerprint density at radius 2 is 1.38 bits per heavy atom. The number of anilines is 2. The number of hydrazone groups is 1. The van der Waals surface area contributed by atoms with Gasteiger partial charge >= 0.3 is 0 Å². The van der Waals surface area contributed by atoms with E-state index in [1.165, 1.54) is 0 Å². The van der Waals surface area contributed by atoms with Crippen LogP contribution >= 0.6 is 11.6 Å². The van der Waals surface area contributed by atoms with Gasteiger partial charge in [-0.05, 0) is 36.8 Å². The summed E-state index contributed by atoms with van der Waals surface area (Å²) < 4.78 is 1.81. The molecule has 5 heteroatoms. The Morgan fingerprint density at radius 1 is 0.862 bits per heavy atom. The Morgan fingerprint density at radius 3 is 1.93 bits per heavy atom. The molecular weight excluding hydrogens is 380 g/mol. The van der Waals surface area contributed by atoms with Gasteiger partial charge in [0.05, 0.1) is 35.4 Å². The van der Waals surface area contributed by atoms with Crippen LogP contribution in [0, 0.1) is 6.92 Å². The van der Waals surface area contributed by atoms with E-state index in [0.717, 1.165) is 28.2 Å². The highest BCUT2D eigenvalue weighted by Crippen LogP contribution is 2.26. The fourth-order valence-electron chi connectivity index (χ4n) is 3.11. The molecule has 3 aromatic carbocycles. The molecule has 1 heterocycles. The largest absolute Gasteiger partial charge is 0.249 e. The maximum atomic E-state index is 6.65. The van der Waals surface area contributed by atoms with E-state index in [2.05, 4.69) is 17.2 Å². The number of halogens is 1. The standard InChI is InChI=1S/C24H21ClN4/c1-19-23(24(25)28(27-19)18-20-11-5-2-6-12-20)17-26-29(21-13-7-3-8-14-21)22-15-9-4-10-16-22/h2-17H,18H2,1H3/b26-17-. The molecule has 0 saturated heterocycles. The third kappa shape index (κ3) is 4.39. The second kappa shape index (κ2) is 8.76. The molecule has 0 bridgehead atoms. The third-order valence-corrected chi connectivity index (χ3v) is 4.99. The van der Waals surface area contributed by atoms with E-state index in [0.29, 0.717) is 11.7 Å². The van der Waals surface area contributed by atoms with Crippen molar-refractivity contribution in [2.45, 2.75) is 13.5 Å². The summed E-state index contributed by atoms with van der Waals surface area (Å²) >= 11 is 6.65. The molecule has 29 heavy (non-hydrogen) atoms. The number of benzene rings is 3. The van der Waals surface area contributed by atoms with E-state index in [4.69, 9.17) is 16.7 Å². The second-order valence-electron chi connectivity index (χ2n) is 6.66. The van der Waals surface area contributed by atoms with E-state index in [1.54, 1.807) is 6.21 Å². The first-order valence-electron chi connectivity index (χ1n) is 9.43. The molecule has 0 saturated carbocycles. The first-order valence-corrected chi connectivity index (χ1v) is 9.81. The van der Waals surface area contributed by atoms with Crippen molar-refractivity contribution in [3.05, 3.63) is 113 Å². The molecule has 0 spiro atoms. The lowest BCUT2D eigenvalue weighted by Crippen LogP contribution is -2.09. The predicted molar refractivity (Wildman–Crippen MR) is 120 cm³/mol. The van der Waals surface area contributed by atoms with Crippen molar-refractivity contribution in [2.24, 2.45) is 5.10 Å². The van der Waals surface area contributed by atoms with E-state index < -0.39 is 0 Å². The van der Waals surface area contributed by atoms with Crippen LogP contribution in [0.15, 0.2) is 96.1 Å². The SMILES string of the molecule is Cc1nn(Cc2ccccc2)c(Cl)c1/C=N\N(c1ccccc1)c1ccccc1. The Bertz CT molecular complexity index is 1050. The van der Waals surface area contributed by atoms with Crippen molar-refractivity contribution in [1.82, 2.24) is 9.78 Å². The highest BCUT2D eigenvalue weighted by Gasteiger charge is 2.13. The number of para-hydroxylation sites is 2. The van der Waals surface area contributed by atoms with E-state index in [9.17, 15) is 0 Å². The number of aromatic nitrogens is 2. The lowest BCUT2D eigenvalue weighted by molar-refractivity contribution is 0.680. The number of hydrogen-bond donors (Lipinski definition) is 0. The summed E-state index contributed by atoms with van der Waals surface area (Å²) in [6, 6.07) is 30.2. The zero-order valence-electron chi connectivity index (χ0n) is 16.1. The monoisotopic (exact) mass is 400 g/mol. The van der Waals surface area contributed by atoms with Crippen LogP contribution in [-0.4, -0.2) is 16.0 Å². The molecule has 0 amide bonds. The van der Waals surface area contributed by atoms with E-state index >= 15 is 0 Å². The van der Waals surface area contributed by atoms with Crippen LogP contribution in [0.5, 0.6) is 0 Å². The molecule has 4 aromatic rings. The molecule has 0 aliphatic heterocycles. The Kier molecular flexibility index (Phi) is 5.73. The zero-order chi connectivity index (χ0) is 20.1. The molecule has 0 radical (unpaired) electrons. The summed E-state index contributed by atoms with van der Waals surface area (Å²) in [5, 5.41) is 11.8. The number of aryl methyl sites for hydroxylation is 1. The lowest BCUT2D eigenvalue weighted by atomic mass is 10.2. The highest BCUT2D eigenvalue weighted by molar-refractivity contribution is 6.32. The molecule has 1 aromatic heterocycles. The molecule has 0 aliphatic rings. The van der Waals surface area contributed by atoms with Gasteiger partial charge in [0.1, 0.15) is 5.15 Å². The topological polar surface area (TPSA) is 33.4 Å². The summed E-state index contributed by atoms with van der Waals surface area (Å²) in [5.41, 5.74) is 4.76. The van der Waals surface area contributed by atoms with Crippen molar-refractivity contribution in [2.75, 3.05) is 5.01 Å². The Balaban J connectivity index is 1.66. The van der Waals surface area contributed by atoms with Crippen LogP contribution in [0.1, 0.15) is 16.8 Å². The molecule has 0 atom stereocenters. The summed E-state index contributed by atoms with van der Waals surface area (Å²) in [6.07, 6.45) is 1.78. The first kappa shape index (κ1) is 19.0. The fourth-order valence-corrected chi connectivity index (χ4v) is 3.39. The van der Waals surface area contributed by atoms with Crippen LogP contribution in [0.4, 0.5) is 11.4 Å². The predicted octanol–water partition coefficient (Wildman–Crippen LogP) is 6.07. The fraction of sp³-hybridized carbons (Fsp3) is 0.0833. The Hall–Kier alpha value is -3.37. The summed E-state index contributed by atoms with van der Waals surface area (Å²) in [7, 11) is 0. The first-order chi connectivity index (χ1) is 14.2. The van der Waals surface area contributed by atoms with Gasteiger partial charge in [0.2, 0.25) is 0 Å². The molecule has 144 valence electrons. The lowest BCUT2D eigenvalue weighted by Gasteiger charge is -2.19. The zero-order valence-corrected chi connectivity index (χ0v) is 16.9. The number of hydrogen-bond acceptors (Lipinski definition) is 3. The number of nitrogens with zero attached hydrogens (tertiary/aromatic N) is 4. The van der Waals surface area contributed by atoms with E-state index in [-0.39, 0.29) is 0 Å². The van der Waals surface area contributed by atoms with Gasteiger partial charge in [0.25, 0.3) is 0 Å². The van der Waals surface area contributed by atoms with Crippen molar-refractivity contribution in [3.8, 4) is 0 Å². The second-order valence-corrected chi connectivity index (χ2v) is 7.02. The third-order valence-electron chi connectivity index (χ3n) is 4.59. The van der Waals surface area contributed by atoms with Gasteiger partial charge in [-0.1, -0.05) is 78.3 Å². The smallest absolute Gasteiger partial charge is 0.136 e. The maximum absolute atomic E-state index is 6.65. The van der Waals surface area contributed by atoms with Crippen LogP contribution in [0.3, 0.4) is 0 Å². The molecule has 0 aliphatic carbocycles. The van der Waals surface area contributed by atoms with Crippen LogP contribution in [-0.2, 0) is 6.54 Å². The van der Waals surface area contributed by atoms with Gasteiger partial charge in [-0.2, -0.15) is 10.2 Å². The molecule has 0 unspecified atom stereocenters. The summed E-state index contributed by atoms with van der Waals surface area (Å²) in [6.45, 7) is 2.57. The van der Waals surface area contributed by atoms with Crippen LogP contribution in [0.25, 0.3) is 0 Å². The van der Waals surface area contributed by atoms with Gasteiger partial charge in [-0.3, -0.25) is 0 Å². The van der Waals surface area contributed by atoms with Gasteiger partial charge < -0.3 is 0 Å². The molecule has 0 N–H and O–H groups in total. The molecule has 0 fully saturated rings. The molecule has 4 rings (SSSR count). The quantitative estimate of drug-likeness (QED) is 0.291. The van der Waals surface area contributed by atoms with Crippen molar-refractivity contribution < 1.29 is 0 Å². The maximum Gasteiger partial charge on any atom is 0.136 e. The average Bonchev–Trinajstić information content (AvgIpc) is 3.03. The summed E-state index contributed by atoms with van der Waals surface area (Å²) in [5.74, 6) is 0. The Labute approximate surface area is 175 Å². The molecular formula is C24H21ClN4. The van der Waals surface area contributed by atoms with E-state index in [1.807, 2.05) is 95.5 Å². The highest BCUT2D eigenvalue weighted by atomic mass is 35.5. The van der Waals surface area contributed by atoms with Crippen LogP contribution in [0.2, 0.25) is 5.15 Å². The van der Waals surface area contributed by atoms with Gasteiger partial charge in [0.15, 0.2) is 0 Å². The van der Waals surface area contributed by atoms with Crippen molar-refractivity contribution >= 4 is 29.2 Å². The van der Waals surface area contributed by atoms with Crippen molar-refractivity contribution in [3.63, 3.8) is 0 Å². The number of rotatable bonds is 6. The summed E-state index contributed by atoms with van der Waals surface area (Å²) in [4.78, 5) is 0. The van der Waals surface area contributed by atoms with Gasteiger partial charge in [-0.25, -0.2) is 9.69 Å². The van der Waals surface area contributed by atoms with Crippen molar-refractivity contribution in [1.29, 1.82) is 0 Å². The van der Waals surface area contributed by atoms with Gasteiger partial charge in [0, 0.05) is 0 Å². The normalized spacial score (nSPS) is 11.1. The van der Waals surface area contributed by atoms with Gasteiger partial charge in [-0.15, -0.1) is 0 Å². The average molecular weight is 401 g/mol. The van der Waals surface area contributed by atoms with Crippen LogP contribution < -0.4 is 5.01 Å². The minimum Gasteiger partial charge on any atom is -0.249 e.